The number of ether oxygens (including phenoxy) is 1. The second-order valence-corrected chi connectivity index (χ2v) is 8.69. The lowest BCUT2D eigenvalue weighted by Crippen LogP contribution is -3.14. The lowest BCUT2D eigenvalue weighted by Gasteiger charge is -2.31. The third-order valence-electron chi connectivity index (χ3n) is 6.71. The minimum absolute atomic E-state index is 0.248. The smallest absolute Gasteiger partial charge is 0.253 e. The van der Waals surface area contributed by atoms with Gasteiger partial charge in [0.05, 0.1) is 13.1 Å². The van der Waals surface area contributed by atoms with Gasteiger partial charge in [0.15, 0.2) is 0 Å². The Morgan fingerprint density at radius 1 is 1.03 bits per heavy atom. The third kappa shape index (κ3) is 4.38. The van der Waals surface area contributed by atoms with Crippen molar-refractivity contribution in [3.05, 3.63) is 88.7 Å². The maximum Gasteiger partial charge on any atom is 0.253 e. The molecule has 1 unspecified atom stereocenters. The van der Waals surface area contributed by atoms with Crippen molar-refractivity contribution in [2.45, 2.75) is 33.7 Å². The van der Waals surface area contributed by atoms with Crippen molar-refractivity contribution >= 4 is 28.1 Å². The molecule has 33 heavy (non-hydrogen) atoms. The number of carbonyl (C=O) groups is 1. The van der Waals surface area contributed by atoms with E-state index in [-0.39, 0.29) is 6.04 Å². The van der Waals surface area contributed by atoms with Crippen molar-refractivity contribution in [1.29, 1.82) is 0 Å². The Hall–Kier alpha value is -2.82. The molecule has 5 heteroatoms. The summed E-state index contributed by atoms with van der Waals surface area (Å²) in [7, 11) is 0. The predicted molar refractivity (Wildman–Crippen MR) is 136 cm³/mol. The Balaban J connectivity index is 1.94. The summed E-state index contributed by atoms with van der Waals surface area (Å²) < 4.78 is 6.53. The molecule has 0 saturated heterocycles. The van der Waals surface area contributed by atoms with Gasteiger partial charge >= 0.3 is 0 Å². The first kappa shape index (κ1) is 23.3. The first-order chi connectivity index (χ1) is 16.0. The average molecular weight is 464 g/mol. The van der Waals surface area contributed by atoms with E-state index in [1.54, 1.807) is 6.07 Å². The normalized spacial score (nSPS) is 16.8. The van der Waals surface area contributed by atoms with Crippen molar-refractivity contribution in [1.82, 2.24) is 0 Å². The van der Waals surface area contributed by atoms with Crippen LogP contribution in [0.15, 0.2) is 72.0 Å². The largest absolute Gasteiger partial charge is 0.456 e. The maximum atomic E-state index is 12.3. The molecule has 1 aliphatic carbocycles. The summed E-state index contributed by atoms with van der Waals surface area (Å²) in [6.07, 6.45) is 6.61. The molecule has 1 aliphatic heterocycles. The molecule has 0 spiro atoms. The Kier molecular flexibility index (Phi) is 7.06. The molecule has 2 aromatic rings. The minimum Gasteiger partial charge on any atom is -0.456 e. The molecule has 0 saturated carbocycles. The van der Waals surface area contributed by atoms with E-state index in [1.807, 2.05) is 18.2 Å². The number of anilines is 1. The quantitative estimate of drug-likeness (QED) is 0.568. The van der Waals surface area contributed by atoms with Crippen LogP contribution in [0.3, 0.4) is 0 Å². The zero-order valence-corrected chi connectivity index (χ0v) is 20.6. The molecule has 1 atom stereocenters. The van der Waals surface area contributed by atoms with Gasteiger partial charge in [-0.15, -0.1) is 0 Å². The number of hydrogen-bond donors (Lipinski definition) is 1. The van der Waals surface area contributed by atoms with Gasteiger partial charge in [0.1, 0.15) is 17.6 Å². The Labute approximate surface area is 201 Å². The molecule has 1 N–H and O–H groups in total. The molecular formula is C28H32ClN2O2+. The monoisotopic (exact) mass is 463 g/mol. The molecule has 2 aliphatic rings. The number of quaternary nitrogens is 1. The van der Waals surface area contributed by atoms with E-state index in [9.17, 15) is 4.79 Å². The van der Waals surface area contributed by atoms with Crippen LogP contribution in [0.5, 0.6) is 5.75 Å². The average Bonchev–Trinajstić information content (AvgIpc) is 2.84. The molecule has 4 rings (SSSR count). The van der Waals surface area contributed by atoms with Crippen LogP contribution < -0.4 is 14.5 Å². The van der Waals surface area contributed by atoms with Crippen molar-refractivity contribution in [3.8, 4) is 5.75 Å². The number of benzene rings is 2. The number of hydrogen-bond acceptors (Lipinski definition) is 3. The number of likely N-dealkylation sites (N-methyl/N-ethyl adjacent to an activating group) is 1. The van der Waals surface area contributed by atoms with Gasteiger partial charge in [-0.25, -0.2) is 0 Å². The summed E-state index contributed by atoms with van der Waals surface area (Å²) in [5.74, 6) is 1.66. The molecule has 4 nitrogen and oxygen atoms in total. The van der Waals surface area contributed by atoms with Gasteiger partial charge < -0.3 is 14.5 Å². The Morgan fingerprint density at radius 2 is 1.76 bits per heavy atom. The number of allylic oxidation sites excluding steroid dienone is 1. The molecule has 0 radical (unpaired) electrons. The fourth-order valence-electron chi connectivity index (χ4n) is 4.88. The van der Waals surface area contributed by atoms with Crippen LogP contribution >= 0.6 is 11.6 Å². The fourth-order valence-corrected chi connectivity index (χ4v) is 5.04. The van der Waals surface area contributed by atoms with E-state index in [0.717, 1.165) is 65.6 Å². The molecular weight excluding hydrogens is 432 g/mol. The van der Waals surface area contributed by atoms with Gasteiger partial charge in [-0.05, 0) is 75.2 Å². The zero-order chi connectivity index (χ0) is 23.5. The third-order valence-corrected chi connectivity index (χ3v) is 6.91. The summed E-state index contributed by atoms with van der Waals surface area (Å²) in [6, 6.07) is 14.2. The number of nitrogens with one attached hydrogen (secondary N) is 1. The molecule has 0 fully saturated rings. The van der Waals surface area contributed by atoms with Crippen LogP contribution in [-0.2, 0) is 0 Å². The molecule has 0 bridgehead atoms. The van der Waals surface area contributed by atoms with E-state index >= 15 is 0 Å². The van der Waals surface area contributed by atoms with Crippen LogP contribution in [-0.4, -0.2) is 37.5 Å². The van der Waals surface area contributed by atoms with E-state index in [0.29, 0.717) is 5.56 Å². The van der Waals surface area contributed by atoms with Gasteiger partial charge in [0, 0.05) is 53.2 Å². The highest BCUT2D eigenvalue weighted by Gasteiger charge is 2.31. The van der Waals surface area contributed by atoms with Crippen LogP contribution in [0.1, 0.15) is 49.2 Å². The molecule has 172 valence electrons. The molecule has 0 aromatic heterocycles. The summed E-state index contributed by atoms with van der Waals surface area (Å²) in [5.41, 5.74) is 5.42. The number of halogens is 1. The van der Waals surface area contributed by atoms with Gasteiger partial charge in [-0.3, -0.25) is 4.79 Å². The van der Waals surface area contributed by atoms with E-state index in [2.05, 4.69) is 69.0 Å². The fraction of sp³-hybridized carbons (Fsp3) is 0.321. The number of fused-ring (bicyclic) bond motifs is 2. The van der Waals surface area contributed by atoms with Crippen molar-refractivity contribution in [3.63, 3.8) is 0 Å². The summed E-state index contributed by atoms with van der Waals surface area (Å²) >= 11 is 6.00. The van der Waals surface area contributed by atoms with Crippen LogP contribution in [0.2, 0.25) is 0 Å². The molecule has 1 heterocycles. The van der Waals surface area contributed by atoms with E-state index < -0.39 is 5.24 Å². The molecule has 2 aromatic carbocycles. The number of nitrogens with zero attached hydrogens (tertiary/aromatic N) is 1. The topological polar surface area (TPSA) is 34.0 Å². The summed E-state index contributed by atoms with van der Waals surface area (Å²) in [5, 5.41) is -0.456. The van der Waals surface area contributed by atoms with Crippen LogP contribution in [0.4, 0.5) is 5.69 Å². The van der Waals surface area contributed by atoms with E-state index in [4.69, 9.17) is 16.3 Å². The highest BCUT2D eigenvalue weighted by Crippen LogP contribution is 2.45. The Morgan fingerprint density at radius 3 is 2.42 bits per heavy atom. The van der Waals surface area contributed by atoms with Gasteiger partial charge in [0.2, 0.25) is 0 Å². The highest BCUT2D eigenvalue weighted by molar-refractivity contribution is 6.68. The lowest BCUT2D eigenvalue weighted by molar-refractivity contribution is -0.908. The first-order valence-electron chi connectivity index (χ1n) is 11.9. The minimum atomic E-state index is -0.456. The van der Waals surface area contributed by atoms with Gasteiger partial charge in [0.25, 0.3) is 5.24 Å². The SMILES string of the molecule is CCN(CC)c1ccc2c(c1)OC1=CC([NH+](CC)CC)C=CC1=C2c1ccccc1C(=O)Cl. The van der Waals surface area contributed by atoms with Crippen molar-refractivity contribution < 1.29 is 14.4 Å². The first-order valence-corrected chi connectivity index (χ1v) is 12.3. The molecule has 0 amide bonds. The zero-order valence-electron chi connectivity index (χ0n) is 19.8. The van der Waals surface area contributed by atoms with Gasteiger partial charge in [-0.1, -0.05) is 18.2 Å². The highest BCUT2D eigenvalue weighted by atomic mass is 35.5. The summed E-state index contributed by atoms with van der Waals surface area (Å²) in [4.78, 5) is 16.1. The second-order valence-electron chi connectivity index (χ2n) is 8.34. The predicted octanol–water partition coefficient (Wildman–Crippen LogP) is 4.85. The Bertz CT molecular complexity index is 1140. The van der Waals surface area contributed by atoms with Gasteiger partial charge in [-0.2, -0.15) is 0 Å². The standard InChI is InChI=1S/C28H31ClN2O2/c1-5-30(6-2)19-13-15-23-25(17-19)33-26-18-20(31(7-3)8-4)14-16-24(26)27(23)21-11-9-10-12-22(21)28(29)32/h9-19H,5-8H2,1-4H3/p+1. The van der Waals surface area contributed by atoms with Crippen LogP contribution in [0, 0.1) is 0 Å². The van der Waals surface area contributed by atoms with Crippen molar-refractivity contribution in [2.24, 2.45) is 0 Å². The van der Waals surface area contributed by atoms with Crippen LogP contribution in [0.25, 0.3) is 5.57 Å². The maximum absolute atomic E-state index is 12.3. The second kappa shape index (κ2) is 9.98. The van der Waals surface area contributed by atoms with E-state index in [1.165, 1.54) is 4.90 Å². The van der Waals surface area contributed by atoms with Crippen molar-refractivity contribution in [2.75, 3.05) is 31.1 Å². The lowest BCUT2D eigenvalue weighted by atomic mass is 9.85. The number of rotatable bonds is 8. The number of carbonyl (C=O) groups excluding carboxylic acids is 1. The summed E-state index contributed by atoms with van der Waals surface area (Å²) in [6.45, 7) is 12.6.